The van der Waals surface area contributed by atoms with Crippen LogP contribution in [0.5, 0.6) is 0 Å². The van der Waals surface area contributed by atoms with Crippen LogP contribution in [0.15, 0.2) is 34.9 Å². The minimum Gasteiger partial charge on any atom is -0.345 e. The van der Waals surface area contributed by atoms with E-state index in [1.54, 1.807) is 29.9 Å². The van der Waals surface area contributed by atoms with Gasteiger partial charge in [0.05, 0.1) is 5.69 Å². The second-order valence-electron chi connectivity index (χ2n) is 3.88. The predicted octanol–water partition coefficient (Wildman–Crippen LogP) is 3.05. The number of nitriles is 1. The second kappa shape index (κ2) is 5.24. The lowest BCUT2D eigenvalue weighted by atomic mass is 10.2. The lowest BCUT2D eigenvalue weighted by Crippen LogP contribution is -2.16. The maximum absolute atomic E-state index is 13.4. The third-order valence-corrected chi connectivity index (χ3v) is 3.01. The van der Waals surface area contributed by atoms with Crippen LogP contribution in [0.3, 0.4) is 0 Å². The molecule has 2 aromatic rings. The predicted molar refractivity (Wildman–Crippen MR) is 72.2 cm³/mol. The molecule has 0 bridgehead atoms. The van der Waals surface area contributed by atoms with Gasteiger partial charge in [-0.3, -0.25) is 4.79 Å². The molecule has 1 aromatic carbocycles. The van der Waals surface area contributed by atoms with Gasteiger partial charge in [0.25, 0.3) is 5.91 Å². The van der Waals surface area contributed by atoms with Crippen molar-refractivity contribution in [2.24, 2.45) is 7.05 Å². The molecule has 0 fully saturated rings. The number of anilines is 1. The van der Waals surface area contributed by atoms with Crippen LogP contribution in [-0.2, 0) is 7.05 Å². The zero-order valence-electron chi connectivity index (χ0n) is 9.95. The molecule has 0 radical (unpaired) electrons. The summed E-state index contributed by atoms with van der Waals surface area (Å²) >= 11 is 3.26. The summed E-state index contributed by atoms with van der Waals surface area (Å²) in [5.74, 6) is -1.07. The quantitative estimate of drug-likeness (QED) is 0.924. The molecule has 0 saturated heterocycles. The number of benzene rings is 1. The minimum absolute atomic E-state index is 0.157. The topological polar surface area (TPSA) is 57.8 Å². The van der Waals surface area contributed by atoms with Crippen molar-refractivity contribution in [2.75, 3.05) is 5.32 Å². The number of rotatable bonds is 2. The van der Waals surface area contributed by atoms with Crippen molar-refractivity contribution in [3.63, 3.8) is 0 Å². The van der Waals surface area contributed by atoms with E-state index in [0.29, 0.717) is 5.69 Å². The van der Waals surface area contributed by atoms with Gasteiger partial charge in [-0.2, -0.15) is 5.26 Å². The van der Waals surface area contributed by atoms with Gasteiger partial charge in [-0.15, -0.1) is 0 Å². The van der Waals surface area contributed by atoms with Crippen LogP contribution in [0, 0.1) is 17.1 Å². The van der Waals surface area contributed by atoms with Crippen molar-refractivity contribution in [1.29, 1.82) is 5.26 Å². The molecule has 4 nitrogen and oxygen atoms in total. The van der Waals surface area contributed by atoms with E-state index in [4.69, 9.17) is 5.26 Å². The van der Waals surface area contributed by atoms with Gasteiger partial charge >= 0.3 is 0 Å². The molecule has 0 aliphatic carbocycles. The van der Waals surface area contributed by atoms with Crippen molar-refractivity contribution >= 4 is 27.5 Å². The van der Waals surface area contributed by atoms with Crippen LogP contribution in [0.25, 0.3) is 0 Å². The molecule has 1 aromatic heterocycles. The minimum atomic E-state index is -0.659. The zero-order chi connectivity index (χ0) is 14.0. The number of amides is 1. The molecule has 0 aliphatic rings. The standard InChI is InChI=1S/C13H9BrFN3O/c1-18-7-8(14)5-12(18)13(19)17-11-4-2-3-10(15)9(11)6-16/h2-5,7H,1H3,(H,17,19). The van der Waals surface area contributed by atoms with Gasteiger partial charge in [0.15, 0.2) is 0 Å². The van der Waals surface area contributed by atoms with Gasteiger partial charge in [0.1, 0.15) is 23.1 Å². The Morgan fingerprint density at radius 2 is 2.26 bits per heavy atom. The first-order valence-corrected chi connectivity index (χ1v) is 6.14. The van der Waals surface area contributed by atoms with Crippen LogP contribution < -0.4 is 5.32 Å². The SMILES string of the molecule is Cn1cc(Br)cc1C(=O)Nc1cccc(F)c1C#N. The van der Waals surface area contributed by atoms with Crippen molar-refractivity contribution < 1.29 is 9.18 Å². The molecule has 19 heavy (non-hydrogen) atoms. The number of hydrogen-bond donors (Lipinski definition) is 1. The maximum Gasteiger partial charge on any atom is 0.272 e. The first-order chi connectivity index (χ1) is 9.02. The number of aryl methyl sites for hydroxylation is 1. The summed E-state index contributed by atoms with van der Waals surface area (Å²) in [4.78, 5) is 12.0. The van der Waals surface area contributed by atoms with E-state index in [0.717, 1.165) is 4.47 Å². The summed E-state index contributed by atoms with van der Waals surface area (Å²) in [6, 6.07) is 7.47. The van der Waals surface area contributed by atoms with Crippen LogP contribution in [0.4, 0.5) is 10.1 Å². The average Bonchev–Trinajstić information content (AvgIpc) is 2.69. The number of nitrogens with zero attached hydrogens (tertiary/aromatic N) is 2. The van der Waals surface area contributed by atoms with Crippen LogP contribution in [0.1, 0.15) is 16.1 Å². The fourth-order valence-electron chi connectivity index (χ4n) is 1.68. The van der Waals surface area contributed by atoms with Crippen LogP contribution in [-0.4, -0.2) is 10.5 Å². The summed E-state index contributed by atoms with van der Waals surface area (Å²) in [7, 11) is 1.72. The van der Waals surface area contributed by atoms with E-state index >= 15 is 0 Å². The number of carbonyl (C=O) groups is 1. The van der Waals surface area contributed by atoms with Gasteiger partial charge < -0.3 is 9.88 Å². The van der Waals surface area contributed by atoms with E-state index in [1.807, 2.05) is 0 Å². The number of carbonyl (C=O) groups excluding carboxylic acids is 1. The molecule has 1 N–H and O–H groups in total. The van der Waals surface area contributed by atoms with Crippen molar-refractivity contribution in [3.8, 4) is 6.07 Å². The Balaban J connectivity index is 2.32. The fraction of sp³-hybridized carbons (Fsp3) is 0.0769. The Hall–Kier alpha value is -2.13. The van der Waals surface area contributed by atoms with Crippen molar-refractivity contribution in [1.82, 2.24) is 4.57 Å². The van der Waals surface area contributed by atoms with Crippen LogP contribution >= 0.6 is 15.9 Å². The summed E-state index contributed by atoms with van der Waals surface area (Å²) in [5, 5.41) is 11.4. The number of aromatic nitrogens is 1. The Morgan fingerprint density at radius 3 is 2.84 bits per heavy atom. The second-order valence-corrected chi connectivity index (χ2v) is 4.80. The van der Waals surface area contributed by atoms with Gasteiger partial charge in [-0.05, 0) is 34.1 Å². The normalized spacial score (nSPS) is 10.0. The lowest BCUT2D eigenvalue weighted by Gasteiger charge is -2.07. The van der Waals surface area contributed by atoms with Crippen molar-refractivity contribution in [2.45, 2.75) is 0 Å². The van der Waals surface area contributed by atoms with E-state index < -0.39 is 11.7 Å². The molecular formula is C13H9BrFN3O. The van der Waals surface area contributed by atoms with Gasteiger partial charge in [0.2, 0.25) is 0 Å². The molecule has 0 saturated carbocycles. The zero-order valence-corrected chi connectivity index (χ0v) is 11.5. The number of halogens is 2. The molecule has 1 heterocycles. The monoisotopic (exact) mass is 321 g/mol. The number of nitrogens with one attached hydrogen (secondary N) is 1. The Bertz CT molecular complexity index is 688. The van der Waals surface area contributed by atoms with E-state index in [-0.39, 0.29) is 11.3 Å². The highest BCUT2D eigenvalue weighted by Gasteiger charge is 2.14. The third kappa shape index (κ3) is 2.66. The van der Waals surface area contributed by atoms with Gasteiger partial charge in [0, 0.05) is 17.7 Å². The Kier molecular flexibility index (Phi) is 3.67. The molecule has 6 heteroatoms. The van der Waals surface area contributed by atoms with E-state index in [1.165, 1.54) is 18.2 Å². The summed E-state index contributed by atoms with van der Waals surface area (Å²) < 4.78 is 15.8. The third-order valence-electron chi connectivity index (χ3n) is 2.58. The Morgan fingerprint density at radius 1 is 1.53 bits per heavy atom. The summed E-state index contributed by atoms with van der Waals surface area (Å²) in [5.41, 5.74) is 0.383. The molecule has 96 valence electrons. The fourth-order valence-corrected chi connectivity index (χ4v) is 2.20. The molecule has 1 amide bonds. The van der Waals surface area contributed by atoms with Crippen molar-refractivity contribution in [3.05, 3.63) is 52.0 Å². The lowest BCUT2D eigenvalue weighted by molar-refractivity contribution is 0.101. The first-order valence-electron chi connectivity index (χ1n) is 5.34. The highest BCUT2D eigenvalue weighted by molar-refractivity contribution is 9.10. The summed E-state index contributed by atoms with van der Waals surface area (Å²) in [6.45, 7) is 0. The molecule has 0 atom stereocenters. The largest absolute Gasteiger partial charge is 0.345 e. The Labute approximate surface area is 117 Å². The molecular weight excluding hydrogens is 313 g/mol. The van der Waals surface area contributed by atoms with E-state index in [9.17, 15) is 9.18 Å². The molecule has 0 aliphatic heterocycles. The average molecular weight is 322 g/mol. The highest BCUT2D eigenvalue weighted by Crippen LogP contribution is 2.20. The molecule has 2 rings (SSSR count). The summed E-state index contributed by atoms with van der Waals surface area (Å²) in [6.07, 6.45) is 1.73. The van der Waals surface area contributed by atoms with E-state index in [2.05, 4.69) is 21.2 Å². The molecule has 0 unspecified atom stereocenters. The first kappa shape index (κ1) is 13.3. The van der Waals surface area contributed by atoms with Crippen LogP contribution in [0.2, 0.25) is 0 Å². The smallest absolute Gasteiger partial charge is 0.272 e. The van der Waals surface area contributed by atoms with Gasteiger partial charge in [-0.1, -0.05) is 6.07 Å². The van der Waals surface area contributed by atoms with Gasteiger partial charge in [-0.25, -0.2) is 4.39 Å². The number of hydrogen-bond acceptors (Lipinski definition) is 2. The highest BCUT2D eigenvalue weighted by atomic mass is 79.9. The molecule has 0 spiro atoms. The maximum atomic E-state index is 13.4.